The average molecular weight is 362 g/mol. The monoisotopic (exact) mass is 362 g/mol. The topological polar surface area (TPSA) is 69.7 Å². The number of aromatic nitrogens is 4. The molecule has 2 N–H and O–H groups in total. The molecule has 1 atom stereocenters. The Labute approximate surface area is 160 Å². The standard InChI is InChI=1S/C21H26N6/c1-15-24-19(17-9-6-10-22-12-17)11-20(25-15)27(2)14-18-13-23-26-21(18)16-7-4-3-5-8-16/h3-5,7-8,11,13,17,22H,6,9-10,12,14H2,1-2H3,(H,23,26). The second kappa shape index (κ2) is 7.88. The largest absolute Gasteiger partial charge is 0.355 e. The van der Waals surface area contributed by atoms with Crippen molar-refractivity contribution in [1.82, 2.24) is 25.5 Å². The quantitative estimate of drug-likeness (QED) is 0.729. The first-order chi connectivity index (χ1) is 13.2. The molecule has 3 aromatic rings. The molecular weight excluding hydrogens is 336 g/mol. The summed E-state index contributed by atoms with van der Waals surface area (Å²) in [5.41, 5.74) is 4.50. The van der Waals surface area contributed by atoms with Gasteiger partial charge in [-0.2, -0.15) is 5.10 Å². The van der Waals surface area contributed by atoms with Gasteiger partial charge in [0.25, 0.3) is 0 Å². The number of aromatic amines is 1. The number of aryl methyl sites for hydroxylation is 1. The average Bonchev–Trinajstić information content (AvgIpc) is 3.17. The molecular formula is C21H26N6. The molecule has 3 heterocycles. The molecule has 0 saturated carbocycles. The second-order valence-corrected chi connectivity index (χ2v) is 7.23. The van der Waals surface area contributed by atoms with Gasteiger partial charge in [0.05, 0.1) is 17.6 Å². The lowest BCUT2D eigenvalue weighted by Crippen LogP contribution is -2.29. The zero-order valence-electron chi connectivity index (χ0n) is 15.9. The first kappa shape index (κ1) is 17.7. The molecule has 140 valence electrons. The Bertz CT molecular complexity index is 883. The third-order valence-electron chi connectivity index (χ3n) is 5.14. The van der Waals surface area contributed by atoms with Crippen LogP contribution in [0.15, 0.2) is 42.6 Å². The van der Waals surface area contributed by atoms with Crippen LogP contribution in [0.25, 0.3) is 11.3 Å². The third kappa shape index (κ3) is 4.01. The third-order valence-corrected chi connectivity index (χ3v) is 5.14. The van der Waals surface area contributed by atoms with Crippen LogP contribution in [0.4, 0.5) is 5.82 Å². The summed E-state index contributed by atoms with van der Waals surface area (Å²) in [6.07, 6.45) is 4.29. The summed E-state index contributed by atoms with van der Waals surface area (Å²) < 4.78 is 0. The van der Waals surface area contributed by atoms with Crippen molar-refractivity contribution in [3.63, 3.8) is 0 Å². The molecule has 27 heavy (non-hydrogen) atoms. The van der Waals surface area contributed by atoms with Gasteiger partial charge in [0, 0.05) is 37.7 Å². The lowest BCUT2D eigenvalue weighted by molar-refractivity contribution is 0.453. The van der Waals surface area contributed by atoms with Gasteiger partial charge in [0.2, 0.25) is 0 Å². The molecule has 4 rings (SSSR count). The number of H-pyrrole nitrogens is 1. The van der Waals surface area contributed by atoms with E-state index in [-0.39, 0.29) is 0 Å². The molecule has 0 bridgehead atoms. The van der Waals surface area contributed by atoms with Gasteiger partial charge < -0.3 is 10.2 Å². The number of rotatable bonds is 5. The van der Waals surface area contributed by atoms with Crippen molar-refractivity contribution in [3.05, 3.63) is 59.7 Å². The van der Waals surface area contributed by atoms with Crippen LogP contribution < -0.4 is 10.2 Å². The SMILES string of the molecule is Cc1nc(C2CCCNC2)cc(N(C)Cc2cn[nH]c2-c2ccccc2)n1. The molecule has 1 unspecified atom stereocenters. The van der Waals surface area contributed by atoms with Crippen molar-refractivity contribution in [2.45, 2.75) is 32.2 Å². The van der Waals surface area contributed by atoms with Gasteiger partial charge in [0.1, 0.15) is 11.6 Å². The highest BCUT2D eigenvalue weighted by Crippen LogP contribution is 2.26. The number of anilines is 1. The van der Waals surface area contributed by atoms with Gasteiger partial charge in [-0.3, -0.25) is 5.10 Å². The van der Waals surface area contributed by atoms with E-state index in [1.54, 1.807) is 0 Å². The minimum Gasteiger partial charge on any atom is -0.355 e. The number of nitrogens with one attached hydrogen (secondary N) is 2. The minimum atomic E-state index is 0.474. The Kier molecular flexibility index (Phi) is 5.16. The summed E-state index contributed by atoms with van der Waals surface area (Å²) in [6.45, 7) is 4.82. The predicted octanol–water partition coefficient (Wildman–Crippen LogP) is 3.28. The summed E-state index contributed by atoms with van der Waals surface area (Å²) in [6, 6.07) is 12.5. The van der Waals surface area contributed by atoms with Crippen molar-refractivity contribution in [2.75, 3.05) is 25.0 Å². The molecule has 1 aliphatic rings. The number of piperidine rings is 1. The molecule has 6 heteroatoms. The summed E-state index contributed by atoms with van der Waals surface area (Å²) in [4.78, 5) is 11.6. The van der Waals surface area contributed by atoms with Crippen LogP contribution >= 0.6 is 0 Å². The Balaban J connectivity index is 1.56. The highest BCUT2D eigenvalue weighted by atomic mass is 15.2. The van der Waals surface area contributed by atoms with Crippen LogP contribution in [-0.2, 0) is 6.54 Å². The molecule has 0 aliphatic carbocycles. The van der Waals surface area contributed by atoms with Gasteiger partial charge in [0.15, 0.2) is 0 Å². The van der Waals surface area contributed by atoms with Crippen LogP contribution in [0, 0.1) is 6.92 Å². The van der Waals surface area contributed by atoms with E-state index in [0.29, 0.717) is 5.92 Å². The van der Waals surface area contributed by atoms with Gasteiger partial charge in [-0.1, -0.05) is 30.3 Å². The van der Waals surface area contributed by atoms with Crippen molar-refractivity contribution in [1.29, 1.82) is 0 Å². The van der Waals surface area contributed by atoms with Gasteiger partial charge in [-0.15, -0.1) is 0 Å². The molecule has 1 aliphatic heterocycles. The maximum Gasteiger partial charge on any atom is 0.132 e. The first-order valence-electron chi connectivity index (χ1n) is 9.56. The highest BCUT2D eigenvalue weighted by Gasteiger charge is 2.19. The number of hydrogen-bond donors (Lipinski definition) is 2. The Hall–Kier alpha value is -2.73. The second-order valence-electron chi connectivity index (χ2n) is 7.23. The molecule has 1 saturated heterocycles. The van der Waals surface area contributed by atoms with Crippen molar-refractivity contribution in [2.24, 2.45) is 0 Å². The zero-order valence-corrected chi connectivity index (χ0v) is 15.9. The summed E-state index contributed by atoms with van der Waals surface area (Å²) >= 11 is 0. The molecule has 0 radical (unpaired) electrons. The highest BCUT2D eigenvalue weighted by molar-refractivity contribution is 5.63. The molecule has 0 spiro atoms. The summed E-state index contributed by atoms with van der Waals surface area (Å²) in [5.74, 6) is 2.26. The fourth-order valence-corrected chi connectivity index (χ4v) is 3.71. The summed E-state index contributed by atoms with van der Waals surface area (Å²) in [7, 11) is 2.08. The molecule has 1 aromatic carbocycles. The van der Waals surface area contributed by atoms with Gasteiger partial charge in [-0.05, 0) is 31.9 Å². The van der Waals surface area contributed by atoms with Crippen LogP contribution in [0.2, 0.25) is 0 Å². The lowest BCUT2D eigenvalue weighted by atomic mass is 9.96. The maximum absolute atomic E-state index is 4.71. The van der Waals surface area contributed by atoms with E-state index in [0.717, 1.165) is 53.8 Å². The maximum atomic E-state index is 4.71. The van der Waals surface area contributed by atoms with Crippen molar-refractivity contribution < 1.29 is 0 Å². The fourth-order valence-electron chi connectivity index (χ4n) is 3.71. The number of nitrogens with zero attached hydrogens (tertiary/aromatic N) is 4. The Morgan fingerprint density at radius 3 is 2.81 bits per heavy atom. The predicted molar refractivity (Wildman–Crippen MR) is 108 cm³/mol. The number of hydrogen-bond acceptors (Lipinski definition) is 5. The summed E-state index contributed by atoms with van der Waals surface area (Å²) in [5, 5.41) is 10.9. The fraction of sp³-hybridized carbons (Fsp3) is 0.381. The van der Waals surface area contributed by atoms with E-state index in [4.69, 9.17) is 4.98 Å². The molecule has 0 amide bonds. The molecule has 2 aromatic heterocycles. The van der Waals surface area contributed by atoms with E-state index in [9.17, 15) is 0 Å². The van der Waals surface area contributed by atoms with Gasteiger partial charge in [-0.25, -0.2) is 9.97 Å². The van der Waals surface area contributed by atoms with E-state index < -0.39 is 0 Å². The van der Waals surface area contributed by atoms with Crippen molar-refractivity contribution in [3.8, 4) is 11.3 Å². The first-order valence-corrected chi connectivity index (χ1v) is 9.56. The van der Waals surface area contributed by atoms with Crippen LogP contribution in [-0.4, -0.2) is 40.3 Å². The Morgan fingerprint density at radius 1 is 1.19 bits per heavy atom. The van der Waals surface area contributed by atoms with Crippen LogP contribution in [0.5, 0.6) is 0 Å². The van der Waals surface area contributed by atoms with E-state index in [1.165, 1.54) is 12.8 Å². The van der Waals surface area contributed by atoms with E-state index in [1.807, 2.05) is 31.3 Å². The van der Waals surface area contributed by atoms with E-state index in [2.05, 4.69) is 50.6 Å². The number of benzene rings is 1. The minimum absolute atomic E-state index is 0.474. The zero-order chi connectivity index (χ0) is 18.6. The normalized spacial score (nSPS) is 17.0. The van der Waals surface area contributed by atoms with E-state index >= 15 is 0 Å². The molecule has 1 fully saturated rings. The van der Waals surface area contributed by atoms with Crippen LogP contribution in [0.1, 0.15) is 35.8 Å². The Morgan fingerprint density at radius 2 is 2.04 bits per heavy atom. The van der Waals surface area contributed by atoms with Crippen LogP contribution in [0.3, 0.4) is 0 Å². The molecule has 6 nitrogen and oxygen atoms in total. The van der Waals surface area contributed by atoms with Crippen molar-refractivity contribution >= 4 is 5.82 Å². The smallest absolute Gasteiger partial charge is 0.132 e. The lowest BCUT2D eigenvalue weighted by Gasteiger charge is -2.24. The van der Waals surface area contributed by atoms with Gasteiger partial charge >= 0.3 is 0 Å².